The maximum Gasteiger partial charge on any atom is 0.420 e. The minimum atomic E-state index is -0.697. The molecule has 2 heterocycles. The van der Waals surface area contributed by atoms with Gasteiger partial charge in [-0.25, -0.2) is 19.7 Å². The third kappa shape index (κ3) is 3.68. The fraction of sp³-hybridized carbons (Fsp3) is 0.312. The molecule has 0 saturated heterocycles. The molecular formula is C16H14BrCl2N3O3. The van der Waals surface area contributed by atoms with E-state index >= 15 is 0 Å². The zero-order chi connectivity index (χ0) is 18.4. The van der Waals surface area contributed by atoms with Crippen molar-refractivity contribution in [2.75, 3.05) is 4.90 Å². The van der Waals surface area contributed by atoms with Crippen LogP contribution in [0, 0.1) is 0 Å². The van der Waals surface area contributed by atoms with Crippen LogP contribution in [0.15, 0.2) is 22.9 Å². The van der Waals surface area contributed by atoms with Crippen molar-refractivity contribution >= 4 is 56.7 Å². The number of carbonyl (C=O) groups is 1. The Morgan fingerprint density at radius 3 is 2.72 bits per heavy atom. The molecule has 3 rings (SSSR count). The average molecular weight is 447 g/mol. The van der Waals surface area contributed by atoms with Crippen LogP contribution in [0.5, 0.6) is 5.75 Å². The summed E-state index contributed by atoms with van der Waals surface area (Å²) in [5.74, 6) is 0.631. The Kier molecular flexibility index (Phi) is 4.83. The minimum absolute atomic E-state index is 0.0721. The van der Waals surface area contributed by atoms with E-state index in [1.54, 1.807) is 32.9 Å². The summed E-state index contributed by atoms with van der Waals surface area (Å²) in [4.78, 5) is 22.4. The summed E-state index contributed by atoms with van der Waals surface area (Å²) in [6.07, 6.45) is 0.660. The first kappa shape index (κ1) is 18.2. The first-order valence-corrected chi connectivity index (χ1v) is 8.86. The molecule has 6 nitrogen and oxygen atoms in total. The second-order valence-corrected chi connectivity index (χ2v) is 7.99. The molecule has 1 aromatic heterocycles. The molecule has 0 spiro atoms. The topological polar surface area (TPSA) is 64.5 Å². The summed E-state index contributed by atoms with van der Waals surface area (Å²) in [5, 5.41) is 0.538. The monoisotopic (exact) mass is 445 g/mol. The molecule has 0 fully saturated rings. The van der Waals surface area contributed by atoms with Gasteiger partial charge in [0.1, 0.15) is 23.7 Å². The van der Waals surface area contributed by atoms with Crippen LogP contribution < -0.4 is 9.64 Å². The highest BCUT2D eigenvalue weighted by atomic mass is 79.9. The molecule has 0 bridgehead atoms. The van der Waals surface area contributed by atoms with Crippen LogP contribution >= 0.6 is 39.1 Å². The molecule has 0 N–H and O–H groups in total. The van der Waals surface area contributed by atoms with Gasteiger partial charge in [0.15, 0.2) is 11.6 Å². The van der Waals surface area contributed by atoms with E-state index in [9.17, 15) is 4.79 Å². The van der Waals surface area contributed by atoms with Gasteiger partial charge in [0, 0.05) is 4.47 Å². The summed E-state index contributed by atoms with van der Waals surface area (Å²) >= 11 is 15.9. The lowest BCUT2D eigenvalue weighted by molar-refractivity contribution is 0.0598. The lowest BCUT2D eigenvalue weighted by Crippen LogP contribution is -2.34. The fourth-order valence-corrected chi connectivity index (χ4v) is 3.33. The standard InChI is InChI=1S/C16H14BrCl2N3O3/c1-16(2,3)25-15(23)22-11-5-8(17)4-10(18)12(11)24-6-9-13(19)20-7-21-14(9)22/h4-5,7H,6H2,1-3H3. The number of rotatable bonds is 0. The molecule has 1 aliphatic heterocycles. The summed E-state index contributed by atoms with van der Waals surface area (Å²) in [6, 6.07) is 3.38. The smallest absolute Gasteiger partial charge is 0.420 e. The van der Waals surface area contributed by atoms with E-state index in [2.05, 4.69) is 25.9 Å². The number of halogens is 3. The number of aromatic nitrogens is 2. The SMILES string of the molecule is CC(C)(C)OC(=O)N1c2cc(Br)cc(Cl)c2OCc2c(Cl)ncnc21. The van der Waals surface area contributed by atoms with E-state index in [1.165, 1.54) is 11.2 Å². The summed E-state index contributed by atoms with van der Waals surface area (Å²) in [7, 11) is 0. The largest absolute Gasteiger partial charge is 0.485 e. The van der Waals surface area contributed by atoms with Gasteiger partial charge in [-0.05, 0) is 32.9 Å². The maximum atomic E-state index is 12.9. The predicted molar refractivity (Wildman–Crippen MR) is 98.9 cm³/mol. The summed E-state index contributed by atoms with van der Waals surface area (Å²) in [6.45, 7) is 5.41. The Morgan fingerprint density at radius 1 is 1.32 bits per heavy atom. The molecule has 0 saturated carbocycles. The van der Waals surface area contributed by atoms with E-state index in [4.69, 9.17) is 32.7 Å². The number of hydrogen-bond acceptors (Lipinski definition) is 5. The number of hydrogen-bond donors (Lipinski definition) is 0. The normalized spacial score (nSPS) is 13.4. The Morgan fingerprint density at radius 2 is 2.04 bits per heavy atom. The Hall–Kier alpha value is -1.57. The van der Waals surface area contributed by atoms with E-state index in [-0.39, 0.29) is 11.8 Å². The highest BCUT2D eigenvalue weighted by Gasteiger charge is 2.34. The van der Waals surface area contributed by atoms with Crippen molar-refractivity contribution in [1.29, 1.82) is 0 Å². The number of amides is 1. The first-order chi connectivity index (χ1) is 11.7. The second-order valence-electron chi connectivity index (χ2n) is 6.31. The van der Waals surface area contributed by atoms with Gasteiger partial charge >= 0.3 is 6.09 Å². The van der Waals surface area contributed by atoms with E-state index < -0.39 is 11.7 Å². The molecule has 9 heteroatoms. The third-order valence-electron chi connectivity index (χ3n) is 3.25. The molecule has 1 amide bonds. The molecule has 2 aromatic rings. The van der Waals surface area contributed by atoms with E-state index in [0.29, 0.717) is 32.3 Å². The van der Waals surface area contributed by atoms with Crippen molar-refractivity contribution in [3.63, 3.8) is 0 Å². The lowest BCUT2D eigenvalue weighted by Gasteiger charge is -2.27. The quantitative estimate of drug-likeness (QED) is 0.499. The van der Waals surface area contributed by atoms with Gasteiger partial charge < -0.3 is 9.47 Å². The number of ether oxygens (including phenoxy) is 2. The van der Waals surface area contributed by atoms with Crippen molar-refractivity contribution < 1.29 is 14.3 Å². The Labute approximate surface area is 163 Å². The molecule has 0 atom stereocenters. The minimum Gasteiger partial charge on any atom is -0.485 e. The number of carbonyl (C=O) groups excluding carboxylic acids is 1. The van der Waals surface area contributed by atoms with Crippen LogP contribution in [0.25, 0.3) is 0 Å². The zero-order valence-electron chi connectivity index (χ0n) is 13.6. The van der Waals surface area contributed by atoms with Gasteiger partial charge in [0.25, 0.3) is 0 Å². The Bertz CT molecular complexity index is 855. The molecule has 132 valence electrons. The maximum absolute atomic E-state index is 12.9. The fourth-order valence-electron chi connectivity index (χ4n) is 2.31. The van der Waals surface area contributed by atoms with Gasteiger partial charge in [-0.3, -0.25) is 0 Å². The molecule has 25 heavy (non-hydrogen) atoms. The van der Waals surface area contributed by atoms with Crippen molar-refractivity contribution in [2.24, 2.45) is 0 Å². The van der Waals surface area contributed by atoms with Crippen LogP contribution in [-0.4, -0.2) is 21.7 Å². The third-order valence-corrected chi connectivity index (χ3v) is 4.31. The highest BCUT2D eigenvalue weighted by molar-refractivity contribution is 9.10. The van der Waals surface area contributed by atoms with Crippen LogP contribution in [0.1, 0.15) is 26.3 Å². The van der Waals surface area contributed by atoms with Crippen molar-refractivity contribution in [1.82, 2.24) is 9.97 Å². The van der Waals surface area contributed by atoms with Gasteiger partial charge in [-0.15, -0.1) is 0 Å². The first-order valence-electron chi connectivity index (χ1n) is 7.31. The van der Waals surface area contributed by atoms with Crippen molar-refractivity contribution in [3.8, 4) is 5.75 Å². The summed E-state index contributed by atoms with van der Waals surface area (Å²) in [5.41, 5.74) is 0.178. The molecule has 1 aliphatic rings. The summed E-state index contributed by atoms with van der Waals surface area (Å²) < 4.78 is 12.0. The van der Waals surface area contributed by atoms with Crippen LogP contribution in [0.2, 0.25) is 10.2 Å². The number of fused-ring (bicyclic) bond motifs is 2. The van der Waals surface area contributed by atoms with Gasteiger partial charge in [0.2, 0.25) is 0 Å². The molecule has 0 radical (unpaired) electrons. The number of nitrogens with zero attached hydrogens (tertiary/aromatic N) is 3. The lowest BCUT2D eigenvalue weighted by atomic mass is 10.2. The Balaban J connectivity index is 2.24. The zero-order valence-corrected chi connectivity index (χ0v) is 16.7. The van der Waals surface area contributed by atoms with E-state index in [1.807, 2.05) is 0 Å². The molecule has 0 aliphatic carbocycles. The van der Waals surface area contributed by atoms with Crippen LogP contribution in [-0.2, 0) is 11.3 Å². The van der Waals surface area contributed by atoms with Gasteiger partial charge in [-0.1, -0.05) is 39.1 Å². The van der Waals surface area contributed by atoms with Crippen LogP contribution in [0.3, 0.4) is 0 Å². The predicted octanol–water partition coefficient (Wildman–Crippen LogP) is 5.51. The molecule has 0 unspecified atom stereocenters. The van der Waals surface area contributed by atoms with Gasteiger partial charge in [0.05, 0.1) is 16.3 Å². The number of benzene rings is 1. The highest BCUT2D eigenvalue weighted by Crippen LogP contribution is 2.45. The average Bonchev–Trinajstić information content (AvgIpc) is 2.63. The molecule has 1 aromatic carbocycles. The van der Waals surface area contributed by atoms with Crippen molar-refractivity contribution in [3.05, 3.63) is 38.7 Å². The number of anilines is 2. The van der Waals surface area contributed by atoms with Crippen molar-refractivity contribution in [2.45, 2.75) is 33.0 Å². The van der Waals surface area contributed by atoms with Gasteiger partial charge in [-0.2, -0.15) is 0 Å². The van der Waals surface area contributed by atoms with E-state index in [0.717, 1.165) is 0 Å². The van der Waals surface area contributed by atoms with Crippen LogP contribution in [0.4, 0.5) is 16.3 Å². The molecular weight excluding hydrogens is 433 g/mol. The second kappa shape index (κ2) is 6.63.